The van der Waals surface area contributed by atoms with Crippen molar-refractivity contribution in [2.75, 3.05) is 0 Å². The number of aryl methyl sites for hydroxylation is 3. The SMILES string of the molecule is C=CCn1c(C)nnc1SCc1cc(=O)n2c3c(sc2n1)CCCC3. The van der Waals surface area contributed by atoms with Gasteiger partial charge in [-0.25, -0.2) is 4.98 Å². The summed E-state index contributed by atoms with van der Waals surface area (Å²) < 4.78 is 3.81. The average molecular weight is 374 g/mol. The maximum Gasteiger partial charge on any atom is 0.259 e. The Bertz CT molecular complexity index is 1000. The number of rotatable bonds is 5. The summed E-state index contributed by atoms with van der Waals surface area (Å²) in [6, 6.07) is 1.66. The average Bonchev–Trinajstić information content (AvgIpc) is 3.14. The van der Waals surface area contributed by atoms with Gasteiger partial charge in [0.1, 0.15) is 5.82 Å². The van der Waals surface area contributed by atoms with Gasteiger partial charge in [-0.15, -0.1) is 28.1 Å². The highest BCUT2D eigenvalue weighted by Crippen LogP contribution is 2.29. The lowest BCUT2D eigenvalue weighted by atomic mass is 10.0. The smallest absolute Gasteiger partial charge is 0.259 e. The van der Waals surface area contributed by atoms with Crippen LogP contribution >= 0.6 is 23.1 Å². The highest BCUT2D eigenvalue weighted by atomic mass is 32.2. The van der Waals surface area contributed by atoms with Crippen molar-refractivity contribution in [2.24, 2.45) is 0 Å². The summed E-state index contributed by atoms with van der Waals surface area (Å²) in [5.41, 5.74) is 1.99. The third-order valence-corrected chi connectivity index (χ3v) is 6.52. The Balaban J connectivity index is 1.62. The summed E-state index contributed by atoms with van der Waals surface area (Å²) >= 11 is 3.21. The maximum atomic E-state index is 12.6. The summed E-state index contributed by atoms with van der Waals surface area (Å²) in [5, 5.41) is 9.15. The van der Waals surface area contributed by atoms with Gasteiger partial charge in [-0.05, 0) is 32.6 Å². The molecule has 8 heteroatoms. The zero-order valence-corrected chi connectivity index (χ0v) is 15.7. The van der Waals surface area contributed by atoms with Gasteiger partial charge in [-0.2, -0.15) is 0 Å². The molecular formula is C17H19N5OS2. The Hall–Kier alpha value is -1.93. The van der Waals surface area contributed by atoms with E-state index in [1.165, 1.54) is 17.0 Å². The zero-order chi connectivity index (χ0) is 17.4. The topological polar surface area (TPSA) is 65.1 Å². The molecule has 3 heterocycles. The number of fused-ring (bicyclic) bond motifs is 3. The van der Waals surface area contributed by atoms with E-state index >= 15 is 0 Å². The first kappa shape index (κ1) is 16.5. The van der Waals surface area contributed by atoms with Gasteiger partial charge in [-0.1, -0.05) is 17.8 Å². The van der Waals surface area contributed by atoms with Crippen LogP contribution in [0.5, 0.6) is 0 Å². The highest BCUT2D eigenvalue weighted by Gasteiger charge is 2.18. The first-order valence-corrected chi connectivity index (χ1v) is 10.1. The molecule has 0 unspecified atom stereocenters. The van der Waals surface area contributed by atoms with Crippen LogP contribution in [0, 0.1) is 6.92 Å². The van der Waals surface area contributed by atoms with Crippen molar-refractivity contribution in [3.63, 3.8) is 0 Å². The second-order valence-electron chi connectivity index (χ2n) is 6.10. The minimum absolute atomic E-state index is 0.0312. The van der Waals surface area contributed by atoms with Crippen molar-refractivity contribution in [3.05, 3.63) is 51.2 Å². The van der Waals surface area contributed by atoms with Crippen molar-refractivity contribution in [1.29, 1.82) is 0 Å². The Morgan fingerprint density at radius 1 is 1.36 bits per heavy atom. The largest absolute Gasteiger partial charge is 0.302 e. The molecule has 0 amide bonds. The molecule has 0 radical (unpaired) electrons. The molecule has 0 bridgehead atoms. The molecule has 130 valence electrons. The molecule has 0 spiro atoms. The molecule has 0 saturated carbocycles. The third kappa shape index (κ3) is 3.04. The molecule has 6 nitrogen and oxygen atoms in total. The standard InChI is InChI=1S/C17H19N5OS2/c1-3-8-21-11(2)19-20-17(21)24-10-12-9-15(23)22-13-6-4-5-7-14(13)25-16(22)18-12/h3,9H,1,4-8,10H2,2H3. The Kier molecular flexibility index (Phi) is 4.47. The number of hydrogen-bond acceptors (Lipinski definition) is 6. The monoisotopic (exact) mass is 373 g/mol. The Morgan fingerprint density at radius 2 is 2.20 bits per heavy atom. The summed E-state index contributed by atoms with van der Waals surface area (Å²) in [6.45, 7) is 6.37. The molecule has 0 saturated heterocycles. The van der Waals surface area contributed by atoms with E-state index in [-0.39, 0.29) is 5.56 Å². The van der Waals surface area contributed by atoms with Crippen molar-refractivity contribution in [3.8, 4) is 0 Å². The van der Waals surface area contributed by atoms with Gasteiger partial charge in [-0.3, -0.25) is 9.20 Å². The lowest BCUT2D eigenvalue weighted by molar-refractivity contribution is 0.670. The summed E-state index contributed by atoms with van der Waals surface area (Å²) in [5.74, 6) is 1.46. The van der Waals surface area contributed by atoms with E-state index in [9.17, 15) is 4.79 Å². The van der Waals surface area contributed by atoms with Crippen LogP contribution in [0.2, 0.25) is 0 Å². The fraction of sp³-hybridized carbons (Fsp3) is 0.412. The second kappa shape index (κ2) is 6.76. The molecule has 1 aliphatic rings. The Morgan fingerprint density at radius 3 is 3.04 bits per heavy atom. The highest BCUT2D eigenvalue weighted by molar-refractivity contribution is 7.98. The minimum Gasteiger partial charge on any atom is -0.302 e. The predicted molar refractivity (Wildman–Crippen MR) is 100 cm³/mol. The van der Waals surface area contributed by atoms with Crippen LogP contribution in [0.4, 0.5) is 0 Å². The van der Waals surface area contributed by atoms with Crippen LogP contribution < -0.4 is 5.56 Å². The minimum atomic E-state index is 0.0312. The van der Waals surface area contributed by atoms with E-state index in [2.05, 4.69) is 16.8 Å². The summed E-state index contributed by atoms with van der Waals surface area (Å²) in [4.78, 5) is 19.5. The molecule has 25 heavy (non-hydrogen) atoms. The number of thiazole rings is 1. The third-order valence-electron chi connectivity index (χ3n) is 4.38. The number of allylic oxidation sites excluding steroid dienone is 1. The van der Waals surface area contributed by atoms with Crippen LogP contribution in [-0.2, 0) is 25.1 Å². The predicted octanol–water partition coefficient (Wildman–Crippen LogP) is 3.01. The first-order chi connectivity index (χ1) is 12.2. The van der Waals surface area contributed by atoms with Gasteiger partial charge in [0.15, 0.2) is 10.1 Å². The van der Waals surface area contributed by atoms with Gasteiger partial charge in [0, 0.05) is 28.9 Å². The van der Waals surface area contributed by atoms with Crippen LogP contribution in [-0.4, -0.2) is 24.1 Å². The summed E-state index contributed by atoms with van der Waals surface area (Å²) in [7, 11) is 0. The normalized spacial score (nSPS) is 14.0. The van der Waals surface area contributed by atoms with Crippen LogP contribution in [0.25, 0.3) is 4.96 Å². The molecular weight excluding hydrogens is 354 g/mol. The molecule has 0 aliphatic heterocycles. The molecule has 4 rings (SSSR count). The lowest BCUT2D eigenvalue weighted by Crippen LogP contribution is -2.17. The van der Waals surface area contributed by atoms with Crippen LogP contribution in [0.1, 0.15) is 34.9 Å². The fourth-order valence-corrected chi connectivity index (χ4v) is 5.28. The molecule has 0 aromatic carbocycles. The number of thioether (sulfide) groups is 1. The molecule has 3 aromatic rings. The zero-order valence-electron chi connectivity index (χ0n) is 14.1. The van der Waals surface area contributed by atoms with Gasteiger partial charge >= 0.3 is 0 Å². The van der Waals surface area contributed by atoms with Crippen molar-refractivity contribution in [1.82, 2.24) is 24.1 Å². The molecule has 0 atom stereocenters. The first-order valence-electron chi connectivity index (χ1n) is 8.34. The molecule has 3 aromatic heterocycles. The lowest BCUT2D eigenvalue weighted by Gasteiger charge is -2.10. The number of nitrogens with zero attached hydrogens (tertiary/aromatic N) is 5. The molecule has 1 aliphatic carbocycles. The van der Waals surface area contributed by atoms with Crippen molar-refractivity contribution < 1.29 is 0 Å². The maximum absolute atomic E-state index is 12.6. The molecule has 0 fully saturated rings. The van der Waals surface area contributed by atoms with Crippen molar-refractivity contribution >= 4 is 28.1 Å². The van der Waals surface area contributed by atoms with Crippen LogP contribution in [0.15, 0.2) is 28.7 Å². The fourth-order valence-electron chi connectivity index (χ4n) is 3.16. The van der Waals surface area contributed by atoms with E-state index in [0.29, 0.717) is 12.3 Å². The van der Waals surface area contributed by atoms with Crippen LogP contribution in [0.3, 0.4) is 0 Å². The Labute approximate surface area is 153 Å². The second-order valence-corrected chi connectivity index (χ2v) is 8.11. The van der Waals surface area contributed by atoms with E-state index in [1.807, 2.05) is 17.6 Å². The van der Waals surface area contributed by atoms with E-state index in [4.69, 9.17) is 4.98 Å². The molecule has 0 N–H and O–H groups in total. The van der Waals surface area contributed by atoms with E-state index in [0.717, 1.165) is 40.9 Å². The number of hydrogen-bond donors (Lipinski definition) is 0. The van der Waals surface area contributed by atoms with Gasteiger partial charge in [0.2, 0.25) is 0 Å². The summed E-state index contributed by atoms with van der Waals surface area (Å²) in [6.07, 6.45) is 6.23. The van der Waals surface area contributed by atoms with E-state index < -0.39 is 0 Å². The van der Waals surface area contributed by atoms with Gasteiger partial charge in [0.25, 0.3) is 5.56 Å². The van der Waals surface area contributed by atoms with E-state index in [1.54, 1.807) is 33.6 Å². The van der Waals surface area contributed by atoms with Gasteiger partial charge < -0.3 is 4.57 Å². The quantitative estimate of drug-likeness (QED) is 0.508. The van der Waals surface area contributed by atoms with Crippen molar-refractivity contribution in [2.45, 2.75) is 50.1 Å². The van der Waals surface area contributed by atoms with Gasteiger partial charge in [0.05, 0.1) is 5.69 Å². The number of aromatic nitrogens is 5.